The minimum Gasteiger partial charge on any atom is -0.147 e. The molecule has 2 unspecified atom stereocenters. The number of hydrogen-bond acceptors (Lipinski definition) is 0. The maximum absolute atomic E-state index is 2.92. The Bertz CT molecular complexity index is 1450. The minimum absolute atomic E-state index is 0. The van der Waals surface area contributed by atoms with Crippen molar-refractivity contribution >= 4 is 37.0 Å². The summed E-state index contributed by atoms with van der Waals surface area (Å²) in [4.78, 5) is 0. The number of rotatable bonds is 6. The van der Waals surface area contributed by atoms with Crippen LogP contribution in [0.15, 0.2) is 108 Å². The number of fused-ring (bicyclic) bond motifs is 2. The Morgan fingerprint density at radius 1 is 0.550 bits per heavy atom. The molecule has 3 heteroatoms. The zero-order valence-corrected chi connectivity index (χ0v) is 28.6. The first-order chi connectivity index (χ1) is 18.7. The van der Waals surface area contributed by atoms with Crippen LogP contribution in [0.25, 0.3) is 34.4 Å². The quantitative estimate of drug-likeness (QED) is 0.173. The van der Waals surface area contributed by atoms with E-state index in [0.717, 1.165) is 0 Å². The molecule has 204 valence electrons. The Kier molecular flexibility index (Phi) is 8.77. The third-order valence-electron chi connectivity index (χ3n) is 9.72. The largest absolute Gasteiger partial charge is 0.147 e. The van der Waals surface area contributed by atoms with Gasteiger partial charge in [0.25, 0.3) is 0 Å². The van der Waals surface area contributed by atoms with Gasteiger partial charge in [0.05, 0.1) is 0 Å². The maximum Gasteiger partial charge on any atom is -0.147 e. The first-order valence-corrected chi connectivity index (χ1v) is 23.8. The van der Waals surface area contributed by atoms with Crippen LogP contribution in [0.1, 0.15) is 62.7 Å². The van der Waals surface area contributed by atoms with Gasteiger partial charge < -0.3 is 0 Å². The van der Waals surface area contributed by atoms with Crippen LogP contribution in [0.2, 0.25) is 8.35 Å². The molecular formula is C37H38Cl2Hf. The summed E-state index contributed by atoms with van der Waals surface area (Å²) >= 11 is -2.92. The molecule has 0 N–H and O–H groups in total. The number of hydrogen-bond donors (Lipinski definition) is 0. The van der Waals surface area contributed by atoms with E-state index in [9.17, 15) is 0 Å². The van der Waals surface area contributed by atoms with Crippen LogP contribution >= 0.6 is 24.8 Å². The van der Waals surface area contributed by atoms with Crippen LogP contribution in [0.5, 0.6) is 0 Å². The number of halogens is 2. The van der Waals surface area contributed by atoms with Crippen LogP contribution in [-0.4, -0.2) is 0 Å². The van der Waals surface area contributed by atoms with Crippen LogP contribution in [0.3, 0.4) is 0 Å². The fraction of sp³-hybridized carbons (Fsp3) is 0.243. The summed E-state index contributed by atoms with van der Waals surface area (Å²) in [5, 5.41) is 0. The van der Waals surface area contributed by atoms with E-state index in [2.05, 4.69) is 123 Å². The predicted molar refractivity (Wildman–Crippen MR) is 175 cm³/mol. The molecule has 0 bridgehead atoms. The molecule has 40 heavy (non-hydrogen) atoms. The van der Waals surface area contributed by atoms with Crippen LogP contribution in [0.4, 0.5) is 0 Å². The second kappa shape index (κ2) is 12.0. The van der Waals surface area contributed by atoms with Crippen LogP contribution in [0, 0.1) is 0 Å². The van der Waals surface area contributed by atoms with Gasteiger partial charge in [-0.15, -0.1) is 24.8 Å². The maximum atomic E-state index is 2.62. The van der Waals surface area contributed by atoms with E-state index < -0.39 is 20.0 Å². The van der Waals surface area contributed by atoms with Gasteiger partial charge in [0, 0.05) is 0 Å². The van der Waals surface area contributed by atoms with Gasteiger partial charge in [-0.2, -0.15) is 0 Å². The van der Waals surface area contributed by atoms with Gasteiger partial charge in [0.2, 0.25) is 0 Å². The standard InChI is InChI=1S/2C17H15.C3H6.2ClH.Hf/c2*1-2-13-11-15-9-6-10-16(17(15)12-13)14-7-4-3-5-8-14;1-3-2;;;/h2*3-12H,2H2,1H3;1-3H2;2*1H;. The molecule has 0 amide bonds. The van der Waals surface area contributed by atoms with Crippen molar-refractivity contribution in [1.29, 1.82) is 0 Å². The van der Waals surface area contributed by atoms with Crippen LogP contribution in [-0.2, 0) is 20.0 Å². The Balaban J connectivity index is 0.00000161. The van der Waals surface area contributed by atoms with Crippen molar-refractivity contribution in [1.82, 2.24) is 0 Å². The van der Waals surface area contributed by atoms with E-state index in [1.165, 1.54) is 61.0 Å². The minimum atomic E-state index is -2.92. The molecule has 1 saturated heterocycles. The fourth-order valence-electron chi connectivity index (χ4n) is 7.97. The average Bonchev–Trinajstić information content (AvgIpc) is 3.53. The molecule has 1 fully saturated rings. The van der Waals surface area contributed by atoms with Crippen molar-refractivity contribution in [3.63, 3.8) is 0 Å². The summed E-state index contributed by atoms with van der Waals surface area (Å²) < 4.78 is 4.49. The van der Waals surface area contributed by atoms with Gasteiger partial charge in [-0.3, -0.25) is 0 Å². The van der Waals surface area contributed by atoms with E-state index >= 15 is 0 Å². The van der Waals surface area contributed by atoms with Gasteiger partial charge in [0.1, 0.15) is 0 Å². The molecule has 2 aliphatic carbocycles. The molecule has 0 aromatic heterocycles. The first kappa shape index (κ1) is 29.3. The van der Waals surface area contributed by atoms with Crippen LogP contribution < -0.4 is 0 Å². The van der Waals surface area contributed by atoms with Crippen molar-refractivity contribution in [3.05, 3.63) is 130 Å². The summed E-state index contributed by atoms with van der Waals surface area (Å²) in [5.74, 6) is 0. The fourth-order valence-corrected chi connectivity index (χ4v) is 31.1. The van der Waals surface area contributed by atoms with Crippen molar-refractivity contribution < 1.29 is 20.0 Å². The molecule has 1 aliphatic heterocycles. The van der Waals surface area contributed by atoms with Gasteiger partial charge in [-0.25, -0.2) is 0 Å². The second-order valence-electron chi connectivity index (χ2n) is 11.4. The van der Waals surface area contributed by atoms with Crippen molar-refractivity contribution in [2.24, 2.45) is 0 Å². The van der Waals surface area contributed by atoms with Gasteiger partial charge in [-0.05, 0) is 0 Å². The topological polar surface area (TPSA) is 0 Å². The van der Waals surface area contributed by atoms with E-state index in [1.54, 1.807) is 22.3 Å². The smallest absolute Gasteiger partial charge is 0.147 e. The molecule has 0 nitrogen and oxygen atoms in total. The summed E-state index contributed by atoms with van der Waals surface area (Å²) in [6.07, 6.45) is 9.01. The zero-order valence-electron chi connectivity index (χ0n) is 23.4. The Morgan fingerprint density at radius 2 is 0.975 bits per heavy atom. The Morgan fingerprint density at radius 3 is 1.32 bits per heavy atom. The Hall–Kier alpha value is -2.19. The SMILES string of the molecule is CCC1=Cc2c(-c3ccccc3)cccc2[CH]1[Hf]1([CH]2C(CC)=Cc3c(-c4ccccc4)cccc32)[CH2]C[CH2]1.Cl.Cl. The van der Waals surface area contributed by atoms with E-state index in [1.807, 2.05) is 0 Å². The monoisotopic (exact) mass is 732 g/mol. The molecule has 1 heterocycles. The molecule has 0 saturated carbocycles. The molecule has 3 aliphatic rings. The van der Waals surface area contributed by atoms with Gasteiger partial charge in [0.15, 0.2) is 0 Å². The van der Waals surface area contributed by atoms with Crippen molar-refractivity contribution in [2.75, 3.05) is 0 Å². The van der Waals surface area contributed by atoms with Gasteiger partial charge in [-0.1, -0.05) is 0 Å². The van der Waals surface area contributed by atoms with E-state index in [0.29, 0.717) is 7.35 Å². The third kappa shape index (κ3) is 4.54. The summed E-state index contributed by atoms with van der Waals surface area (Å²) in [7, 11) is 0. The molecule has 7 rings (SSSR count). The predicted octanol–water partition coefficient (Wildman–Crippen LogP) is 11.7. The number of allylic oxidation sites excluding steroid dienone is 2. The third-order valence-corrected chi connectivity index (χ3v) is 32.1. The Labute approximate surface area is 256 Å². The molecule has 0 spiro atoms. The molecule has 4 aromatic carbocycles. The summed E-state index contributed by atoms with van der Waals surface area (Å²) in [6.45, 7) is 4.81. The van der Waals surface area contributed by atoms with E-state index in [4.69, 9.17) is 0 Å². The summed E-state index contributed by atoms with van der Waals surface area (Å²) in [6, 6.07) is 36.5. The average molecular weight is 732 g/mol. The first-order valence-electron chi connectivity index (χ1n) is 14.5. The summed E-state index contributed by atoms with van der Waals surface area (Å²) in [5.41, 5.74) is 15.4. The van der Waals surface area contributed by atoms with Gasteiger partial charge >= 0.3 is 234 Å². The molecule has 2 atom stereocenters. The second-order valence-corrected chi connectivity index (χ2v) is 28.0. The molecule has 0 radical (unpaired) electrons. The van der Waals surface area contributed by atoms with E-state index in [-0.39, 0.29) is 24.8 Å². The van der Waals surface area contributed by atoms with Crippen molar-refractivity contribution in [3.8, 4) is 22.3 Å². The molecule has 4 aromatic rings. The normalized spacial score (nSPS) is 19.8. The number of benzene rings is 4. The van der Waals surface area contributed by atoms with Crippen molar-refractivity contribution in [2.45, 2.75) is 48.8 Å². The zero-order chi connectivity index (χ0) is 25.7. The molecular weight excluding hydrogens is 694 g/mol.